The van der Waals surface area contributed by atoms with Crippen molar-refractivity contribution in [2.45, 2.75) is 9.79 Å². The number of hydrogen-bond acceptors (Lipinski definition) is 6. The molecule has 0 atom stereocenters. The van der Waals surface area contributed by atoms with Crippen LogP contribution in [-0.2, 0) is 0 Å². The van der Waals surface area contributed by atoms with Gasteiger partial charge in [-0.2, -0.15) is 4.98 Å². The highest BCUT2D eigenvalue weighted by molar-refractivity contribution is 8.00. The van der Waals surface area contributed by atoms with Crippen LogP contribution in [0.25, 0.3) is 0 Å². The highest BCUT2D eigenvalue weighted by Crippen LogP contribution is 2.21. The van der Waals surface area contributed by atoms with Gasteiger partial charge in [0.05, 0.1) is 0 Å². The van der Waals surface area contributed by atoms with Crippen LogP contribution in [0.3, 0.4) is 0 Å². The summed E-state index contributed by atoms with van der Waals surface area (Å²) in [6, 6.07) is 22.0. The van der Waals surface area contributed by atoms with E-state index in [0.717, 1.165) is 15.6 Å². The molecule has 2 N–H and O–H groups in total. The van der Waals surface area contributed by atoms with E-state index >= 15 is 0 Å². The summed E-state index contributed by atoms with van der Waals surface area (Å²) in [5.41, 5.74) is 0. The van der Waals surface area contributed by atoms with Crippen molar-refractivity contribution in [1.82, 2.24) is 9.97 Å². The molecule has 1 aromatic heterocycles. The maximum atomic E-state index is 4.43. The molecule has 0 unspecified atom stereocenters. The molecule has 3 aromatic rings. The van der Waals surface area contributed by atoms with E-state index in [1.54, 1.807) is 6.20 Å². The molecule has 0 aliphatic carbocycles. The van der Waals surface area contributed by atoms with E-state index in [1.165, 1.54) is 23.9 Å². The minimum atomic E-state index is 0.576. The normalized spacial score (nSPS) is 10.2. The number of nitrogens with one attached hydrogen (secondary N) is 2. The molecule has 6 heteroatoms. The van der Waals surface area contributed by atoms with Crippen LogP contribution in [0.4, 0.5) is 11.8 Å². The third-order valence-electron chi connectivity index (χ3n) is 2.68. The van der Waals surface area contributed by atoms with Crippen LogP contribution in [0.15, 0.2) is 82.7 Å². The Morgan fingerprint density at radius 2 is 1.27 bits per heavy atom. The van der Waals surface area contributed by atoms with E-state index in [1.807, 2.05) is 66.7 Å². The number of hydrogen-bond donors (Lipinski definition) is 2. The van der Waals surface area contributed by atoms with Gasteiger partial charge in [-0.25, -0.2) is 4.98 Å². The Balaban J connectivity index is 1.58. The Bertz CT molecular complexity index is 649. The van der Waals surface area contributed by atoms with E-state index in [9.17, 15) is 0 Å². The van der Waals surface area contributed by atoms with Crippen molar-refractivity contribution in [1.29, 1.82) is 0 Å². The molecule has 2 aromatic carbocycles. The van der Waals surface area contributed by atoms with E-state index in [0.29, 0.717) is 5.95 Å². The molecule has 3 rings (SSSR count). The summed E-state index contributed by atoms with van der Waals surface area (Å²) < 4.78 is 6.36. The minimum absolute atomic E-state index is 0.576. The molecule has 110 valence electrons. The first-order valence-corrected chi connectivity index (χ1v) is 8.32. The summed E-state index contributed by atoms with van der Waals surface area (Å²) >= 11 is 3.01. The quantitative estimate of drug-likeness (QED) is 0.640. The molecule has 0 bridgehead atoms. The maximum absolute atomic E-state index is 4.43. The number of rotatable bonds is 6. The highest BCUT2D eigenvalue weighted by atomic mass is 32.2. The lowest BCUT2D eigenvalue weighted by molar-refractivity contribution is 1.19. The number of benzene rings is 2. The molecule has 0 fully saturated rings. The van der Waals surface area contributed by atoms with Crippen LogP contribution >= 0.6 is 23.9 Å². The summed E-state index contributed by atoms with van der Waals surface area (Å²) in [5, 5.41) is 0. The summed E-state index contributed by atoms with van der Waals surface area (Å²) in [5.74, 6) is 1.34. The molecule has 0 aliphatic heterocycles. The first-order chi connectivity index (χ1) is 10.9. The lowest BCUT2D eigenvalue weighted by atomic mass is 10.4. The zero-order valence-corrected chi connectivity index (χ0v) is 13.3. The van der Waals surface area contributed by atoms with Crippen molar-refractivity contribution in [2.24, 2.45) is 0 Å². The molecular formula is C16H14N4S2. The van der Waals surface area contributed by atoms with Gasteiger partial charge >= 0.3 is 0 Å². The second-order valence-electron chi connectivity index (χ2n) is 4.30. The standard InChI is InChI=1S/C16H14N4S2/c1-3-7-13(8-4-1)21-19-15-11-12-17-16(18-15)20-22-14-9-5-2-6-10-14/h1-12H,(H2,17,18,19,20). The summed E-state index contributed by atoms with van der Waals surface area (Å²) in [4.78, 5) is 10.9. The van der Waals surface area contributed by atoms with Gasteiger partial charge in [-0.1, -0.05) is 36.4 Å². The molecule has 22 heavy (non-hydrogen) atoms. The van der Waals surface area contributed by atoms with Gasteiger partial charge in [0.1, 0.15) is 5.82 Å². The highest BCUT2D eigenvalue weighted by Gasteiger charge is 2.01. The van der Waals surface area contributed by atoms with E-state index in [-0.39, 0.29) is 0 Å². The van der Waals surface area contributed by atoms with E-state index < -0.39 is 0 Å². The van der Waals surface area contributed by atoms with Gasteiger partial charge < -0.3 is 4.72 Å². The maximum Gasteiger partial charge on any atom is 0.235 e. The SMILES string of the molecule is c1ccc(SNc2ccnc(NSc3ccccc3)n2)cc1. The van der Waals surface area contributed by atoms with Gasteiger partial charge in [0.25, 0.3) is 0 Å². The zero-order valence-electron chi connectivity index (χ0n) is 11.6. The number of nitrogens with zero attached hydrogens (tertiary/aromatic N) is 2. The first-order valence-electron chi connectivity index (χ1n) is 6.69. The zero-order chi connectivity index (χ0) is 15.0. The van der Waals surface area contributed by atoms with Crippen molar-refractivity contribution in [2.75, 3.05) is 9.44 Å². The molecule has 0 aliphatic rings. The Morgan fingerprint density at radius 1 is 0.682 bits per heavy atom. The van der Waals surface area contributed by atoms with Crippen molar-refractivity contribution in [3.63, 3.8) is 0 Å². The number of anilines is 2. The van der Waals surface area contributed by atoms with Crippen LogP contribution in [0.2, 0.25) is 0 Å². The molecule has 4 nitrogen and oxygen atoms in total. The van der Waals surface area contributed by atoms with Gasteiger partial charge in [-0.15, -0.1) is 0 Å². The molecule has 1 heterocycles. The third-order valence-corrected chi connectivity index (χ3v) is 4.29. The van der Waals surface area contributed by atoms with Crippen LogP contribution in [0.5, 0.6) is 0 Å². The van der Waals surface area contributed by atoms with Crippen LogP contribution in [0, 0.1) is 0 Å². The van der Waals surface area contributed by atoms with Gasteiger partial charge in [0.2, 0.25) is 5.95 Å². The average molecular weight is 326 g/mol. The lowest BCUT2D eigenvalue weighted by Crippen LogP contribution is -1.97. The fraction of sp³-hybridized carbons (Fsp3) is 0. The predicted molar refractivity (Wildman–Crippen MR) is 93.9 cm³/mol. The molecule has 0 spiro atoms. The van der Waals surface area contributed by atoms with Crippen molar-refractivity contribution >= 4 is 35.7 Å². The lowest BCUT2D eigenvalue weighted by Gasteiger charge is -2.07. The fourth-order valence-electron chi connectivity index (χ4n) is 1.66. The van der Waals surface area contributed by atoms with Crippen molar-refractivity contribution in [3.8, 4) is 0 Å². The average Bonchev–Trinajstić information content (AvgIpc) is 2.60. The molecule has 0 saturated heterocycles. The van der Waals surface area contributed by atoms with Crippen LogP contribution in [0.1, 0.15) is 0 Å². The van der Waals surface area contributed by atoms with Crippen LogP contribution in [-0.4, -0.2) is 9.97 Å². The molecular weight excluding hydrogens is 312 g/mol. The van der Waals surface area contributed by atoms with Gasteiger partial charge in [0.15, 0.2) is 0 Å². The van der Waals surface area contributed by atoms with Crippen molar-refractivity contribution in [3.05, 3.63) is 72.9 Å². The predicted octanol–water partition coefficient (Wildman–Crippen LogP) is 4.72. The van der Waals surface area contributed by atoms with Gasteiger partial charge in [-0.3, -0.25) is 4.72 Å². The third kappa shape index (κ3) is 4.41. The Labute approximate surface area is 138 Å². The molecule has 0 saturated carbocycles. The second kappa shape index (κ2) is 7.72. The van der Waals surface area contributed by atoms with Gasteiger partial charge in [0, 0.05) is 16.0 Å². The second-order valence-corrected chi connectivity index (χ2v) is 6.06. The Hall–Kier alpha value is -2.18. The van der Waals surface area contributed by atoms with Crippen LogP contribution < -0.4 is 9.44 Å². The Morgan fingerprint density at radius 3 is 1.91 bits per heavy atom. The summed E-state index contributed by atoms with van der Waals surface area (Å²) in [7, 11) is 0. The molecule has 0 radical (unpaired) electrons. The Kier molecular flexibility index (Phi) is 5.18. The molecule has 0 amide bonds. The van der Waals surface area contributed by atoms with E-state index in [4.69, 9.17) is 0 Å². The van der Waals surface area contributed by atoms with E-state index in [2.05, 4.69) is 19.4 Å². The first kappa shape index (κ1) is 14.7. The van der Waals surface area contributed by atoms with Gasteiger partial charge in [-0.05, 0) is 54.2 Å². The summed E-state index contributed by atoms with van der Waals surface area (Å²) in [6.07, 6.45) is 1.73. The topological polar surface area (TPSA) is 49.8 Å². The number of aromatic nitrogens is 2. The minimum Gasteiger partial charge on any atom is -0.310 e. The monoisotopic (exact) mass is 326 g/mol. The van der Waals surface area contributed by atoms with Crippen molar-refractivity contribution < 1.29 is 0 Å². The smallest absolute Gasteiger partial charge is 0.235 e. The fourth-order valence-corrected chi connectivity index (χ4v) is 2.89. The summed E-state index contributed by atoms with van der Waals surface area (Å²) in [6.45, 7) is 0. The largest absolute Gasteiger partial charge is 0.310 e.